The molecule has 0 radical (unpaired) electrons. The van der Waals surface area contributed by atoms with Gasteiger partial charge in [-0.2, -0.15) is 0 Å². The highest BCUT2D eigenvalue weighted by Gasteiger charge is 2.44. The van der Waals surface area contributed by atoms with E-state index in [2.05, 4.69) is 20.6 Å². The molecule has 3 aromatic rings. The molecule has 1 aliphatic carbocycles. The molecule has 1 aliphatic rings. The van der Waals surface area contributed by atoms with Crippen LogP contribution in [0.25, 0.3) is 0 Å². The fourth-order valence-electron chi connectivity index (χ4n) is 3.56. The fourth-order valence-corrected chi connectivity index (χ4v) is 4.14. The van der Waals surface area contributed by atoms with Gasteiger partial charge in [0.1, 0.15) is 16.5 Å². The molecule has 5 N–H and O–H groups in total. The summed E-state index contributed by atoms with van der Waals surface area (Å²) < 4.78 is 19.9. The number of nitrogens with one attached hydrogen (secondary N) is 2. The van der Waals surface area contributed by atoms with Crippen molar-refractivity contribution in [3.63, 3.8) is 0 Å². The normalized spacial score (nSPS) is 15.2. The number of aromatic nitrogens is 2. The standard InChI is InChI=1S/C22H24FN5O3S/c1-12-7-15(23)14(8-16(12)27-20(30)17-10-26-21(24)32-17)19(29)28-18-4-3-13(9-25-18)22(5-6-22)11-31-2/h3-4,7-10,19,29H,5-6,11H2,1-2H3,(H2,24,26)(H,25,28)(H,27,30). The molecule has 32 heavy (non-hydrogen) atoms. The number of methoxy groups -OCH3 is 1. The van der Waals surface area contributed by atoms with E-state index in [1.54, 1.807) is 26.3 Å². The van der Waals surface area contributed by atoms with E-state index in [1.807, 2.05) is 6.07 Å². The molecule has 168 valence electrons. The second-order valence-electron chi connectivity index (χ2n) is 7.90. The lowest BCUT2D eigenvalue weighted by Gasteiger charge is -2.18. The Morgan fingerprint density at radius 1 is 1.34 bits per heavy atom. The predicted molar refractivity (Wildman–Crippen MR) is 121 cm³/mol. The highest BCUT2D eigenvalue weighted by Crippen LogP contribution is 2.48. The van der Waals surface area contributed by atoms with Gasteiger partial charge in [0.2, 0.25) is 0 Å². The smallest absolute Gasteiger partial charge is 0.267 e. The van der Waals surface area contributed by atoms with Gasteiger partial charge in [0.15, 0.2) is 11.4 Å². The first-order valence-corrected chi connectivity index (χ1v) is 10.9. The third-order valence-corrected chi connectivity index (χ3v) is 6.39. The number of amides is 1. The summed E-state index contributed by atoms with van der Waals surface area (Å²) in [5, 5.41) is 16.4. The summed E-state index contributed by atoms with van der Waals surface area (Å²) in [6.07, 6.45) is 3.86. The molecule has 0 bridgehead atoms. The largest absolute Gasteiger partial charge is 0.384 e. The lowest BCUT2D eigenvalue weighted by atomic mass is 9.99. The van der Waals surface area contributed by atoms with E-state index in [4.69, 9.17) is 10.5 Å². The first kappa shape index (κ1) is 22.1. The highest BCUT2D eigenvalue weighted by molar-refractivity contribution is 7.17. The maximum absolute atomic E-state index is 14.6. The summed E-state index contributed by atoms with van der Waals surface area (Å²) in [5.41, 5.74) is 7.55. The molecule has 2 heterocycles. The van der Waals surface area contributed by atoms with Crippen LogP contribution in [0.1, 0.15) is 45.4 Å². The molecule has 10 heteroatoms. The molecule has 1 amide bonds. The van der Waals surface area contributed by atoms with Crippen LogP contribution in [-0.4, -0.2) is 34.7 Å². The minimum Gasteiger partial charge on any atom is -0.384 e. The maximum Gasteiger partial charge on any atom is 0.267 e. The minimum absolute atomic E-state index is 0.0151. The molecule has 4 rings (SSSR count). The van der Waals surface area contributed by atoms with Crippen molar-refractivity contribution in [2.75, 3.05) is 30.1 Å². The summed E-state index contributed by atoms with van der Waals surface area (Å²) in [6.45, 7) is 2.30. The third kappa shape index (κ3) is 4.57. The first-order chi connectivity index (χ1) is 15.3. The van der Waals surface area contributed by atoms with E-state index in [-0.39, 0.29) is 16.1 Å². The number of rotatable bonds is 8. The Bertz CT molecular complexity index is 1130. The molecular weight excluding hydrogens is 433 g/mol. The Labute approximate surface area is 188 Å². The number of aliphatic hydroxyl groups excluding tert-OH is 1. The number of aliphatic hydroxyl groups is 1. The number of nitrogens with two attached hydrogens (primary N) is 1. The number of carbonyl (C=O) groups excluding carboxylic acids is 1. The van der Waals surface area contributed by atoms with E-state index >= 15 is 0 Å². The van der Waals surface area contributed by atoms with Crippen molar-refractivity contribution in [3.8, 4) is 0 Å². The van der Waals surface area contributed by atoms with Gasteiger partial charge >= 0.3 is 0 Å². The quantitative estimate of drug-likeness (QED) is 0.381. The first-order valence-electron chi connectivity index (χ1n) is 10.0. The monoisotopic (exact) mass is 457 g/mol. The van der Waals surface area contributed by atoms with Gasteiger partial charge in [0, 0.05) is 30.0 Å². The number of thiazole rings is 1. The average Bonchev–Trinajstić information content (AvgIpc) is 3.41. The van der Waals surface area contributed by atoms with Crippen LogP contribution >= 0.6 is 11.3 Å². The summed E-state index contributed by atoms with van der Waals surface area (Å²) in [6, 6.07) is 6.34. The maximum atomic E-state index is 14.6. The van der Waals surface area contributed by atoms with Gasteiger partial charge in [-0.05, 0) is 49.1 Å². The topological polar surface area (TPSA) is 122 Å². The number of carbonyl (C=O) groups is 1. The minimum atomic E-state index is -1.36. The van der Waals surface area contributed by atoms with Crippen LogP contribution < -0.4 is 16.4 Å². The summed E-state index contributed by atoms with van der Waals surface area (Å²) in [4.78, 5) is 21.0. The molecule has 1 fully saturated rings. The van der Waals surface area contributed by atoms with Gasteiger partial charge in [-0.15, -0.1) is 0 Å². The van der Waals surface area contributed by atoms with Gasteiger partial charge in [0.05, 0.1) is 12.8 Å². The van der Waals surface area contributed by atoms with E-state index < -0.39 is 18.0 Å². The fraction of sp³-hybridized carbons (Fsp3) is 0.318. The third-order valence-electron chi connectivity index (χ3n) is 5.57. The molecule has 0 saturated heterocycles. The van der Waals surface area contributed by atoms with E-state index in [0.29, 0.717) is 28.6 Å². The molecule has 1 unspecified atom stereocenters. The number of hydrogen-bond acceptors (Lipinski definition) is 8. The number of anilines is 3. The Balaban J connectivity index is 1.49. The molecule has 0 spiro atoms. The molecule has 8 nitrogen and oxygen atoms in total. The van der Waals surface area contributed by atoms with Crippen molar-refractivity contribution in [1.82, 2.24) is 9.97 Å². The molecular formula is C22H24FN5O3S. The average molecular weight is 458 g/mol. The lowest BCUT2D eigenvalue weighted by Crippen LogP contribution is -2.17. The number of hydrogen-bond donors (Lipinski definition) is 4. The predicted octanol–water partition coefficient (Wildman–Crippen LogP) is 3.60. The number of nitrogen functional groups attached to an aromatic ring is 1. The van der Waals surface area contributed by atoms with Crippen LogP contribution in [-0.2, 0) is 10.2 Å². The summed E-state index contributed by atoms with van der Waals surface area (Å²) >= 11 is 1.05. The zero-order valence-electron chi connectivity index (χ0n) is 17.7. The number of pyridine rings is 1. The van der Waals surface area contributed by atoms with Crippen molar-refractivity contribution in [2.24, 2.45) is 0 Å². The summed E-state index contributed by atoms with van der Waals surface area (Å²) in [5.74, 6) is -0.610. The highest BCUT2D eigenvalue weighted by atomic mass is 32.1. The van der Waals surface area contributed by atoms with Crippen LogP contribution in [0.2, 0.25) is 0 Å². The number of halogens is 1. The van der Waals surface area contributed by atoms with Gasteiger partial charge in [-0.25, -0.2) is 14.4 Å². The summed E-state index contributed by atoms with van der Waals surface area (Å²) in [7, 11) is 1.68. The van der Waals surface area contributed by atoms with E-state index in [1.165, 1.54) is 18.3 Å². The number of ether oxygens (including phenoxy) is 1. The molecule has 1 aromatic carbocycles. The van der Waals surface area contributed by atoms with Crippen molar-refractivity contribution in [3.05, 3.63) is 64.0 Å². The van der Waals surface area contributed by atoms with Crippen molar-refractivity contribution < 1.29 is 19.0 Å². The second kappa shape index (κ2) is 8.81. The van der Waals surface area contributed by atoms with Gasteiger partial charge in [-0.3, -0.25) is 4.79 Å². The van der Waals surface area contributed by atoms with Crippen molar-refractivity contribution in [1.29, 1.82) is 0 Å². The Hall–Kier alpha value is -3.08. The molecule has 1 atom stereocenters. The van der Waals surface area contributed by atoms with Crippen LogP contribution in [0.5, 0.6) is 0 Å². The Morgan fingerprint density at radius 2 is 2.12 bits per heavy atom. The van der Waals surface area contributed by atoms with Crippen molar-refractivity contribution in [2.45, 2.75) is 31.4 Å². The zero-order chi connectivity index (χ0) is 22.9. The number of benzene rings is 1. The Morgan fingerprint density at radius 3 is 2.72 bits per heavy atom. The zero-order valence-corrected chi connectivity index (χ0v) is 18.5. The Kier molecular flexibility index (Phi) is 6.09. The van der Waals surface area contributed by atoms with Crippen LogP contribution in [0.4, 0.5) is 21.0 Å². The number of nitrogens with zero attached hydrogens (tertiary/aromatic N) is 2. The van der Waals surface area contributed by atoms with Gasteiger partial charge in [-0.1, -0.05) is 17.4 Å². The van der Waals surface area contributed by atoms with Gasteiger partial charge in [0.25, 0.3) is 5.91 Å². The van der Waals surface area contributed by atoms with Crippen molar-refractivity contribution >= 4 is 33.9 Å². The van der Waals surface area contributed by atoms with E-state index in [9.17, 15) is 14.3 Å². The second-order valence-corrected chi connectivity index (χ2v) is 8.96. The SMILES string of the molecule is COCC1(c2ccc(NC(O)c3cc(NC(=O)c4cnc(N)s4)c(C)cc3F)nc2)CC1. The number of aryl methyl sites for hydroxylation is 1. The van der Waals surface area contributed by atoms with Crippen LogP contribution in [0.15, 0.2) is 36.7 Å². The lowest BCUT2D eigenvalue weighted by molar-refractivity contribution is 0.103. The molecule has 2 aromatic heterocycles. The van der Waals surface area contributed by atoms with Crippen LogP contribution in [0, 0.1) is 12.7 Å². The molecule has 1 saturated carbocycles. The van der Waals surface area contributed by atoms with Gasteiger partial charge < -0.3 is 26.2 Å². The van der Waals surface area contributed by atoms with E-state index in [0.717, 1.165) is 29.7 Å². The molecule has 0 aliphatic heterocycles. The van der Waals surface area contributed by atoms with Crippen LogP contribution in [0.3, 0.4) is 0 Å².